The number of amides is 1. The minimum atomic E-state index is -0.0260. The number of fused-ring (bicyclic) bond motifs is 2. The summed E-state index contributed by atoms with van der Waals surface area (Å²) in [5.41, 5.74) is 2.52. The molecule has 30 heavy (non-hydrogen) atoms. The summed E-state index contributed by atoms with van der Waals surface area (Å²) in [6.45, 7) is 4.34. The fourth-order valence-corrected chi connectivity index (χ4v) is 4.09. The molecule has 1 saturated heterocycles. The minimum Gasteiger partial charge on any atom is -0.478 e. The van der Waals surface area contributed by atoms with Crippen LogP contribution in [0.15, 0.2) is 30.6 Å². The Morgan fingerprint density at radius 2 is 1.90 bits per heavy atom. The Hall–Kier alpha value is -3.36. The zero-order valence-corrected chi connectivity index (χ0v) is 17.3. The Kier molecular flexibility index (Phi) is 4.65. The number of nitrogens with zero attached hydrogens (tertiary/aromatic N) is 7. The van der Waals surface area contributed by atoms with Crippen LogP contribution < -0.4 is 14.5 Å². The molecule has 1 aromatic carbocycles. The molecule has 0 N–H and O–H groups in total. The Bertz CT molecular complexity index is 1060. The summed E-state index contributed by atoms with van der Waals surface area (Å²) < 4.78 is 7.37. The van der Waals surface area contributed by atoms with Crippen LogP contribution in [0.3, 0.4) is 0 Å². The van der Waals surface area contributed by atoms with E-state index in [9.17, 15) is 4.79 Å². The smallest absolute Gasteiger partial charge is 0.274 e. The van der Waals surface area contributed by atoms with E-state index in [1.54, 1.807) is 17.1 Å². The van der Waals surface area contributed by atoms with Crippen LogP contribution in [-0.4, -0.2) is 77.4 Å². The summed E-state index contributed by atoms with van der Waals surface area (Å²) in [5, 5.41) is 5.46. The zero-order chi connectivity index (χ0) is 20.7. The van der Waals surface area contributed by atoms with Gasteiger partial charge >= 0.3 is 0 Å². The highest BCUT2D eigenvalue weighted by Crippen LogP contribution is 2.27. The van der Waals surface area contributed by atoms with Gasteiger partial charge in [-0.05, 0) is 18.2 Å². The number of rotatable bonds is 3. The maximum atomic E-state index is 12.9. The number of carbonyl (C=O) groups is 1. The standard InChI is InChI=1S/C21H25N7O2/c1-25(2)20-16-12-15(4-5-17(16)22-14-23-20)26-7-9-27(10-8-26)21(29)18-13-19-28(24-18)6-3-11-30-19/h4-5,12-14H,3,6-11H2,1-2H3. The second kappa shape index (κ2) is 7.47. The molecular weight excluding hydrogens is 382 g/mol. The van der Waals surface area contributed by atoms with Gasteiger partial charge in [-0.25, -0.2) is 14.6 Å². The maximum absolute atomic E-state index is 12.9. The molecule has 0 aliphatic carbocycles. The van der Waals surface area contributed by atoms with Gasteiger partial charge in [0.05, 0.1) is 12.1 Å². The number of ether oxygens (including phenoxy) is 1. The Balaban J connectivity index is 1.30. The molecule has 0 unspecified atom stereocenters. The first kappa shape index (κ1) is 18.7. The molecule has 156 valence electrons. The van der Waals surface area contributed by atoms with Gasteiger partial charge in [0.25, 0.3) is 5.91 Å². The number of benzene rings is 1. The molecule has 3 aromatic rings. The van der Waals surface area contributed by atoms with Crippen molar-refractivity contribution in [3.8, 4) is 5.88 Å². The van der Waals surface area contributed by atoms with Gasteiger partial charge in [-0.1, -0.05) is 0 Å². The van der Waals surface area contributed by atoms with Crippen molar-refractivity contribution in [2.45, 2.75) is 13.0 Å². The highest BCUT2D eigenvalue weighted by atomic mass is 16.5. The first-order valence-corrected chi connectivity index (χ1v) is 10.3. The SMILES string of the molecule is CN(C)c1ncnc2ccc(N3CCN(C(=O)c4cc5n(n4)CCCO5)CC3)cc12. The van der Waals surface area contributed by atoms with Crippen molar-refractivity contribution in [3.05, 3.63) is 36.3 Å². The molecule has 0 spiro atoms. The van der Waals surface area contributed by atoms with E-state index in [0.717, 1.165) is 48.5 Å². The third kappa shape index (κ3) is 3.30. The summed E-state index contributed by atoms with van der Waals surface area (Å²) in [4.78, 5) is 27.9. The predicted octanol–water partition coefficient (Wildman–Crippen LogP) is 1.64. The van der Waals surface area contributed by atoms with E-state index in [4.69, 9.17) is 4.74 Å². The molecule has 9 heteroatoms. The van der Waals surface area contributed by atoms with Crippen molar-refractivity contribution >= 4 is 28.3 Å². The maximum Gasteiger partial charge on any atom is 0.274 e. The van der Waals surface area contributed by atoms with Crippen molar-refractivity contribution in [2.75, 3.05) is 56.7 Å². The fourth-order valence-electron chi connectivity index (χ4n) is 4.09. The largest absolute Gasteiger partial charge is 0.478 e. The van der Waals surface area contributed by atoms with Crippen LogP contribution >= 0.6 is 0 Å². The topological polar surface area (TPSA) is 79.6 Å². The molecule has 2 aromatic heterocycles. The van der Waals surface area contributed by atoms with E-state index in [1.165, 1.54) is 0 Å². The summed E-state index contributed by atoms with van der Waals surface area (Å²) in [6.07, 6.45) is 2.52. The third-order valence-electron chi connectivity index (χ3n) is 5.68. The Morgan fingerprint density at radius 1 is 1.07 bits per heavy atom. The normalized spacial score (nSPS) is 16.3. The van der Waals surface area contributed by atoms with Crippen molar-refractivity contribution in [1.82, 2.24) is 24.6 Å². The molecular formula is C21H25N7O2. The van der Waals surface area contributed by atoms with E-state index in [-0.39, 0.29) is 5.91 Å². The lowest BCUT2D eigenvalue weighted by Gasteiger charge is -2.36. The van der Waals surface area contributed by atoms with Gasteiger partial charge in [-0.2, -0.15) is 5.10 Å². The molecule has 0 atom stereocenters. The van der Waals surface area contributed by atoms with Crippen LogP contribution in [0.1, 0.15) is 16.9 Å². The lowest BCUT2D eigenvalue weighted by atomic mass is 10.1. The molecule has 1 amide bonds. The van der Waals surface area contributed by atoms with Crippen molar-refractivity contribution in [2.24, 2.45) is 0 Å². The average Bonchev–Trinajstić information content (AvgIpc) is 3.22. The zero-order valence-electron chi connectivity index (χ0n) is 17.3. The summed E-state index contributed by atoms with van der Waals surface area (Å²) in [5.74, 6) is 1.57. The fraction of sp³-hybridized carbons (Fsp3) is 0.429. The average molecular weight is 407 g/mol. The van der Waals surface area contributed by atoms with E-state index >= 15 is 0 Å². The third-order valence-corrected chi connectivity index (χ3v) is 5.68. The van der Waals surface area contributed by atoms with Crippen LogP contribution in [0.2, 0.25) is 0 Å². The lowest BCUT2D eigenvalue weighted by Crippen LogP contribution is -2.48. The van der Waals surface area contributed by atoms with Crippen molar-refractivity contribution < 1.29 is 9.53 Å². The van der Waals surface area contributed by atoms with Gasteiger partial charge in [0.15, 0.2) is 5.69 Å². The summed E-state index contributed by atoms with van der Waals surface area (Å²) in [6, 6.07) is 8.03. The van der Waals surface area contributed by atoms with Crippen LogP contribution in [0, 0.1) is 0 Å². The summed E-state index contributed by atoms with van der Waals surface area (Å²) >= 11 is 0. The molecule has 4 heterocycles. The van der Waals surface area contributed by atoms with Gasteiger partial charge in [-0.3, -0.25) is 4.79 Å². The second-order valence-corrected chi connectivity index (χ2v) is 7.87. The van der Waals surface area contributed by atoms with E-state index < -0.39 is 0 Å². The highest BCUT2D eigenvalue weighted by Gasteiger charge is 2.26. The number of aromatic nitrogens is 4. The van der Waals surface area contributed by atoms with Crippen LogP contribution in [0.4, 0.5) is 11.5 Å². The highest BCUT2D eigenvalue weighted by molar-refractivity contribution is 5.93. The first-order chi connectivity index (χ1) is 14.6. The van der Waals surface area contributed by atoms with Gasteiger partial charge in [0, 0.05) is 70.4 Å². The number of hydrogen-bond donors (Lipinski definition) is 0. The van der Waals surface area contributed by atoms with Gasteiger partial charge < -0.3 is 19.4 Å². The minimum absolute atomic E-state index is 0.0260. The second-order valence-electron chi connectivity index (χ2n) is 7.87. The number of aryl methyl sites for hydroxylation is 1. The predicted molar refractivity (Wildman–Crippen MR) is 114 cm³/mol. The molecule has 0 radical (unpaired) electrons. The van der Waals surface area contributed by atoms with Crippen LogP contribution in [0.25, 0.3) is 10.9 Å². The Morgan fingerprint density at radius 3 is 2.67 bits per heavy atom. The van der Waals surface area contributed by atoms with E-state index in [2.05, 4.69) is 32.1 Å². The molecule has 2 aliphatic heterocycles. The van der Waals surface area contributed by atoms with E-state index in [0.29, 0.717) is 31.3 Å². The number of hydrogen-bond acceptors (Lipinski definition) is 7. The molecule has 5 rings (SSSR count). The molecule has 0 saturated carbocycles. The monoisotopic (exact) mass is 407 g/mol. The van der Waals surface area contributed by atoms with Crippen LogP contribution in [-0.2, 0) is 6.54 Å². The van der Waals surface area contributed by atoms with Gasteiger partial charge in [-0.15, -0.1) is 0 Å². The lowest BCUT2D eigenvalue weighted by molar-refractivity contribution is 0.0740. The van der Waals surface area contributed by atoms with Crippen molar-refractivity contribution in [3.63, 3.8) is 0 Å². The van der Waals surface area contributed by atoms with Crippen LogP contribution in [0.5, 0.6) is 5.88 Å². The number of piperazine rings is 1. The number of carbonyl (C=O) groups excluding carboxylic acids is 1. The molecule has 0 bridgehead atoms. The van der Waals surface area contributed by atoms with Gasteiger partial charge in [0.2, 0.25) is 5.88 Å². The quantitative estimate of drug-likeness (QED) is 0.653. The first-order valence-electron chi connectivity index (χ1n) is 10.3. The van der Waals surface area contributed by atoms with Gasteiger partial charge in [0.1, 0.15) is 12.1 Å². The Labute approximate surface area is 174 Å². The molecule has 2 aliphatic rings. The number of anilines is 2. The molecule has 1 fully saturated rings. The summed E-state index contributed by atoms with van der Waals surface area (Å²) in [7, 11) is 3.97. The molecule has 9 nitrogen and oxygen atoms in total. The van der Waals surface area contributed by atoms with E-state index in [1.807, 2.05) is 30.0 Å². The van der Waals surface area contributed by atoms with Crippen molar-refractivity contribution in [1.29, 1.82) is 0 Å².